The average Bonchev–Trinajstić information content (AvgIpc) is 3.15. The molecular weight excluding hydrogens is 506 g/mol. The van der Waals surface area contributed by atoms with E-state index in [1.807, 2.05) is 18.2 Å². The third-order valence-electron chi connectivity index (χ3n) is 5.90. The number of nitrogens with zero attached hydrogens (tertiary/aromatic N) is 1. The van der Waals surface area contributed by atoms with Crippen LogP contribution in [-0.2, 0) is 31.9 Å². The van der Waals surface area contributed by atoms with Gasteiger partial charge in [-0.1, -0.05) is 29.0 Å². The molecule has 11 heteroatoms. The molecule has 0 radical (unpaired) electrons. The number of rotatable bonds is 10. The van der Waals surface area contributed by atoms with Gasteiger partial charge in [0.2, 0.25) is 0 Å². The Balaban J connectivity index is 1.68. The molecule has 9 nitrogen and oxygen atoms in total. The Morgan fingerprint density at radius 1 is 1.14 bits per heavy atom. The Hall–Kier alpha value is -2.66. The zero-order valence-corrected chi connectivity index (χ0v) is 22.3. The van der Waals surface area contributed by atoms with Gasteiger partial charge in [0.05, 0.1) is 18.1 Å². The van der Waals surface area contributed by atoms with Crippen LogP contribution in [0.3, 0.4) is 0 Å². The number of carbonyl (C=O) groups excluding carboxylic acids is 3. The number of anilines is 1. The van der Waals surface area contributed by atoms with Gasteiger partial charge in [-0.2, -0.15) is 0 Å². The Morgan fingerprint density at radius 2 is 1.89 bits per heavy atom. The molecule has 1 aromatic heterocycles. The number of nitrogens with one attached hydrogen (secondary N) is 2. The molecule has 0 spiro atoms. The molecule has 0 unspecified atom stereocenters. The molecule has 0 saturated heterocycles. The minimum Gasteiger partial charge on any atom is -0.469 e. The summed E-state index contributed by atoms with van der Waals surface area (Å²) in [4.78, 5) is 39.6. The summed E-state index contributed by atoms with van der Waals surface area (Å²) in [6.07, 6.45) is 1.65. The molecule has 1 atom stereocenters. The molecule has 2 heterocycles. The van der Waals surface area contributed by atoms with Gasteiger partial charge in [0.1, 0.15) is 5.54 Å². The van der Waals surface area contributed by atoms with E-state index in [-0.39, 0.29) is 25.6 Å². The van der Waals surface area contributed by atoms with Crippen molar-refractivity contribution in [1.82, 2.24) is 10.2 Å². The van der Waals surface area contributed by atoms with E-state index in [1.54, 1.807) is 19.1 Å². The van der Waals surface area contributed by atoms with Gasteiger partial charge in [-0.05, 0) is 68.6 Å². The summed E-state index contributed by atoms with van der Waals surface area (Å²) < 4.78 is 16.0. The highest BCUT2D eigenvalue weighted by Crippen LogP contribution is 2.28. The maximum atomic E-state index is 13.4. The maximum absolute atomic E-state index is 13.4. The van der Waals surface area contributed by atoms with Crippen molar-refractivity contribution in [3.63, 3.8) is 0 Å². The van der Waals surface area contributed by atoms with E-state index in [2.05, 4.69) is 27.3 Å². The van der Waals surface area contributed by atoms with Crippen molar-refractivity contribution in [3.8, 4) is 5.06 Å². The van der Waals surface area contributed by atoms with Crippen LogP contribution in [0.2, 0.25) is 4.34 Å². The van der Waals surface area contributed by atoms with Gasteiger partial charge in [0.25, 0.3) is 5.91 Å². The summed E-state index contributed by atoms with van der Waals surface area (Å²) in [5, 5.41) is 5.84. The van der Waals surface area contributed by atoms with E-state index in [4.69, 9.17) is 21.1 Å². The maximum Gasteiger partial charge on any atom is 0.414 e. The van der Waals surface area contributed by atoms with Crippen LogP contribution >= 0.6 is 22.9 Å². The fourth-order valence-electron chi connectivity index (χ4n) is 3.73. The highest BCUT2D eigenvalue weighted by molar-refractivity contribution is 7.17. The summed E-state index contributed by atoms with van der Waals surface area (Å²) in [5.41, 5.74) is 1.65. The fourth-order valence-corrected chi connectivity index (χ4v) is 4.61. The number of hydrogen-bond acceptors (Lipinski definition) is 8. The topological polar surface area (TPSA) is 106 Å². The van der Waals surface area contributed by atoms with Crippen LogP contribution in [0.1, 0.15) is 30.9 Å². The third-order valence-corrected chi connectivity index (χ3v) is 7.01. The molecule has 36 heavy (non-hydrogen) atoms. The lowest BCUT2D eigenvalue weighted by Gasteiger charge is -2.29. The first kappa shape index (κ1) is 27.9. The second-order valence-electron chi connectivity index (χ2n) is 8.88. The molecule has 1 aromatic carbocycles. The molecule has 2 aromatic rings. The Bertz CT molecular complexity index is 1080. The number of carbonyl (C=O) groups is 3. The van der Waals surface area contributed by atoms with Gasteiger partial charge in [0, 0.05) is 31.8 Å². The largest absolute Gasteiger partial charge is 0.469 e. The SMILES string of the molecule is COC(=O)CCCOC[C@@](C)(NC(=O)Oc1ccc(Cl)s1)C(=O)Nc1ccc2c(c1)CCN(C)CC2. The third kappa shape index (κ3) is 8.19. The molecule has 196 valence electrons. The number of thiophene rings is 1. The monoisotopic (exact) mass is 537 g/mol. The van der Waals surface area contributed by atoms with Crippen molar-refractivity contribution in [2.75, 3.05) is 45.8 Å². The van der Waals surface area contributed by atoms with Crippen molar-refractivity contribution in [1.29, 1.82) is 0 Å². The lowest BCUT2D eigenvalue weighted by atomic mass is 10.0. The highest BCUT2D eigenvalue weighted by Gasteiger charge is 2.36. The number of ether oxygens (including phenoxy) is 3. The van der Waals surface area contributed by atoms with E-state index in [9.17, 15) is 14.4 Å². The van der Waals surface area contributed by atoms with Gasteiger partial charge in [-0.25, -0.2) is 4.79 Å². The number of likely N-dealkylation sites (N-methyl/N-ethyl adjacent to an activating group) is 1. The van der Waals surface area contributed by atoms with E-state index >= 15 is 0 Å². The van der Waals surface area contributed by atoms with Crippen molar-refractivity contribution in [3.05, 3.63) is 45.8 Å². The van der Waals surface area contributed by atoms with Crippen LogP contribution in [0, 0.1) is 0 Å². The van der Waals surface area contributed by atoms with Gasteiger partial charge in [-0.3, -0.25) is 9.59 Å². The summed E-state index contributed by atoms with van der Waals surface area (Å²) in [5.74, 6) is -0.799. The summed E-state index contributed by atoms with van der Waals surface area (Å²) >= 11 is 7.00. The molecule has 1 aliphatic heterocycles. The van der Waals surface area contributed by atoms with Crippen molar-refractivity contribution in [2.24, 2.45) is 0 Å². The summed E-state index contributed by atoms with van der Waals surface area (Å²) in [7, 11) is 3.42. The van der Waals surface area contributed by atoms with Crippen LogP contribution in [0.25, 0.3) is 0 Å². The Morgan fingerprint density at radius 3 is 2.58 bits per heavy atom. The highest BCUT2D eigenvalue weighted by atomic mass is 35.5. The van der Waals surface area contributed by atoms with E-state index < -0.39 is 17.5 Å². The van der Waals surface area contributed by atoms with Gasteiger partial charge >= 0.3 is 12.1 Å². The zero-order valence-electron chi connectivity index (χ0n) is 20.7. The lowest BCUT2D eigenvalue weighted by Crippen LogP contribution is -2.58. The minimum absolute atomic E-state index is 0.129. The number of hydrogen-bond donors (Lipinski definition) is 2. The molecule has 1 aliphatic rings. The second kappa shape index (κ2) is 13.0. The number of amides is 2. The number of halogens is 1. The first-order chi connectivity index (χ1) is 17.2. The number of benzene rings is 1. The van der Waals surface area contributed by atoms with E-state index in [0.29, 0.717) is 21.5 Å². The predicted octanol–water partition coefficient (Wildman–Crippen LogP) is 3.89. The summed E-state index contributed by atoms with van der Waals surface area (Å²) in [6.45, 7) is 3.58. The Labute approximate surface area is 220 Å². The van der Waals surface area contributed by atoms with Crippen molar-refractivity contribution < 1.29 is 28.6 Å². The molecule has 2 N–H and O–H groups in total. The minimum atomic E-state index is -1.45. The van der Waals surface area contributed by atoms with Crippen LogP contribution in [-0.4, -0.2) is 68.9 Å². The first-order valence-corrected chi connectivity index (χ1v) is 12.9. The van der Waals surface area contributed by atoms with Gasteiger partial charge in [-0.15, -0.1) is 0 Å². The van der Waals surface area contributed by atoms with Crippen molar-refractivity contribution in [2.45, 2.75) is 38.1 Å². The van der Waals surface area contributed by atoms with E-state index in [1.165, 1.54) is 18.2 Å². The molecule has 0 fully saturated rings. The number of fused-ring (bicyclic) bond motifs is 1. The normalized spacial score (nSPS) is 15.2. The number of methoxy groups -OCH3 is 1. The predicted molar refractivity (Wildman–Crippen MR) is 139 cm³/mol. The van der Waals surface area contributed by atoms with Crippen molar-refractivity contribution >= 4 is 46.6 Å². The molecule has 3 rings (SSSR count). The molecule has 0 aliphatic carbocycles. The molecular formula is C25H32ClN3O6S. The second-order valence-corrected chi connectivity index (χ2v) is 10.6. The van der Waals surface area contributed by atoms with Crippen LogP contribution in [0.4, 0.5) is 10.5 Å². The average molecular weight is 538 g/mol. The molecule has 0 bridgehead atoms. The zero-order chi connectivity index (χ0) is 26.1. The lowest BCUT2D eigenvalue weighted by molar-refractivity contribution is -0.141. The van der Waals surface area contributed by atoms with Crippen LogP contribution in [0.5, 0.6) is 5.06 Å². The number of esters is 1. The van der Waals surface area contributed by atoms with Crippen LogP contribution < -0.4 is 15.4 Å². The molecule has 2 amide bonds. The Kier molecular flexibility index (Phi) is 10.1. The first-order valence-electron chi connectivity index (χ1n) is 11.7. The standard InChI is InChI=1S/C25H32ClN3O6S/c1-25(16-34-14-4-5-21(30)33-3,28-24(32)35-22-9-8-20(26)36-22)23(31)27-19-7-6-17-10-12-29(2)13-11-18(17)15-19/h6-9,15H,4-5,10-14,16H2,1-3H3,(H,27,31)(H,28,32)/t25-/m1/s1. The fraction of sp³-hybridized carbons (Fsp3) is 0.480. The van der Waals surface area contributed by atoms with Gasteiger partial charge in [0.15, 0.2) is 5.06 Å². The smallest absolute Gasteiger partial charge is 0.414 e. The summed E-state index contributed by atoms with van der Waals surface area (Å²) in [6, 6.07) is 9.07. The van der Waals surface area contributed by atoms with Crippen LogP contribution in [0.15, 0.2) is 30.3 Å². The quantitative estimate of drug-likeness (QED) is 0.350. The molecule has 0 saturated carbocycles. The van der Waals surface area contributed by atoms with E-state index in [0.717, 1.165) is 37.3 Å². The van der Waals surface area contributed by atoms with Gasteiger partial charge < -0.3 is 29.7 Å².